The summed E-state index contributed by atoms with van der Waals surface area (Å²) in [5.74, 6) is -5.21. The number of methoxy groups -OCH3 is 1. The number of thiophene rings is 1. The van der Waals surface area contributed by atoms with Gasteiger partial charge in [-0.3, -0.25) is 19.2 Å². The summed E-state index contributed by atoms with van der Waals surface area (Å²) in [5.41, 5.74) is 0.642. The van der Waals surface area contributed by atoms with Crippen LogP contribution in [0, 0.1) is 17.7 Å². The number of carbonyl (C=O) groups is 4. The van der Waals surface area contributed by atoms with Crippen molar-refractivity contribution in [3.05, 3.63) is 46.1 Å². The van der Waals surface area contributed by atoms with E-state index in [4.69, 9.17) is 24.4 Å². The molecule has 230 valence electrons. The summed E-state index contributed by atoms with van der Waals surface area (Å²) in [4.78, 5) is 49.0. The first-order valence-corrected chi connectivity index (χ1v) is 14.4. The largest absolute Gasteiger partial charge is 0.502 e. The normalized spacial score (nSPS) is 13.8. The minimum absolute atomic E-state index is 0.0680. The second kappa shape index (κ2) is 13.3. The number of benzene rings is 2. The van der Waals surface area contributed by atoms with E-state index in [2.05, 4.69) is 0 Å². The molecular weight excluding hydrogens is 585 g/mol. The number of carbonyl (C=O) groups excluding carboxylic acids is 2. The second-order valence-corrected chi connectivity index (χ2v) is 11.5. The molecule has 2 unspecified atom stereocenters. The highest BCUT2D eigenvalue weighted by molar-refractivity contribution is 7.20. The number of amides is 1. The maximum Gasteiger partial charge on any atom is 0.306 e. The quantitative estimate of drug-likeness (QED) is 0.169. The van der Waals surface area contributed by atoms with E-state index in [1.54, 1.807) is 18.2 Å². The van der Waals surface area contributed by atoms with Crippen LogP contribution in [0.3, 0.4) is 0 Å². The van der Waals surface area contributed by atoms with Crippen molar-refractivity contribution < 1.29 is 53.1 Å². The molecule has 2 aromatic carbocycles. The third kappa shape index (κ3) is 7.16. The van der Waals surface area contributed by atoms with Crippen molar-refractivity contribution in [1.29, 1.82) is 0 Å². The molecule has 2 heterocycles. The molecule has 0 spiro atoms. The van der Waals surface area contributed by atoms with Crippen LogP contribution in [0.15, 0.2) is 24.3 Å². The molecule has 43 heavy (non-hydrogen) atoms. The zero-order valence-corrected chi connectivity index (χ0v) is 24.7. The number of carboxylic acid groups (broad SMARTS) is 2. The number of carboxylic acids is 2. The molecular formula is C30H32FNO10S. The maximum absolute atomic E-state index is 14.9. The smallest absolute Gasteiger partial charge is 0.306 e. The topological polar surface area (TPSA) is 160 Å². The third-order valence-electron chi connectivity index (χ3n) is 7.16. The number of nitrogens with zero attached hydrogens (tertiary/aromatic N) is 1. The number of halogens is 1. The summed E-state index contributed by atoms with van der Waals surface area (Å²) < 4.78 is 32.6. The fourth-order valence-electron chi connectivity index (χ4n) is 4.58. The van der Waals surface area contributed by atoms with E-state index >= 15 is 0 Å². The summed E-state index contributed by atoms with van der Waals surface area (Å²) in [6.07, 6.45) is 0.0437. The zero-order chi connectivity index (χ0) is 31.4. The average molecular weight is 618 g/mol. The van der Waals surface area contributed by atoms with Gasteiger partial charge < -0.3 is 34.4 Å². The van der Waals surface area contributed by atoms with E-state index in [0.717, 1.165) is 10.1 Å². The van der Waals surface area contributed by atoms with Crippen molar-refractivity contribution in [3.8, 4) is 23.0 Å². The SMILES string of the molecule is COc1cc2sc(C(=O)CC(C)C(=O)O)cc2cc1OCCCOc1cc2c(c(F)c1O)CN(C(=O)CC(C)C(=O)O)C2. The van der Waals surface area contributed by atoms with Crippen LogP contribution in [0.5, 0.6) is 23.0 Å². The van der Waals surface area contributed by atoms with Gasteiger partial charge in [-0.05, 0) is 29.1 Å². The summed E-state index contributed by atoms with van der Waals surface area (Å²) in [5, 5.41) is 29.2. The number of fused-ring (bicyclic) bond motifs is 2. The Labute approximate surface area is 250 Å². The van der Waals surface area contributed by atoms with Gasteiger partial charge in [-0.15, -0.1) is 11.3 Å². The molecule has 1 aliphatic rings. The first-order chi connectivity index (χ1) is 20.4. The van der Waals surface area contributed by atoms with Crippen LogP contribution < -0.4 is 14.2 Å². The van der Waals surface area contributed by atoms with E-state index in [0.29, 0.717) is 28.4 Å². The van der Waals surface area contributed by atoms with Crippen LogP contribution in [0.1, 0.15) is 53.9 Å². The minimum Gasteiger partial charge on any atom is -0.502 e. The third-order valence-corrected chi connectivity index (χ3v) is 8.30. The van der Waals surface area contributed by atoms with Crippen LogP contribution in [0.2, 0.25) is 0 Å². The molecule has 3 N–H and O–H groups in total. The molecule has 11 nitrogen and oxygen atoms in total. The molecule has 0 fully saturated rings. The number of aromatic hydroxyl groups is 1. The first kappa shape index (κ1) is 31.5. The standard InChI is InChI=1S/C30H32FNO10S/c1-15(29(36)37)7-20(33)25-11-17-9-22(21(40-3)12-24(17)43-25)41-5-4-6-42-23-10-18-13-32(14-19(18)27(31)28(23)35)26(34)8-16(2)30(38)39/h9-12,15-16,35H,4-8,13-14H2,1-3H3,(H,36,37)(H,38,39). The Hall–Kier alpha value is -4.39. The maximum atomic E-state index is 14.9. The van der Waals surface area contributed by atoms with E-state index in [1.807, 2.05) is 0 Å². The molecule has 0 radical (unpaired) electrons. The van der Waals surface area contributed by atoms with Gasteiger partial charge in [0.05, 0.1) is 37.0 Å². The number of hydrogen-bond acceptors (Lipinski definition) is 9. The molecule has 0 aliphatic carbocycles. The van der Waals surface area contributed by atoms with Crippen LogP contribution in [0.25, 0.3) is 10.1 Å². The lowest BCUT2D eigenvalue weighted by Gasteiger charge is -2.16. The molecule has 4 rings (SSSR count). The van der Waals surface area contributed by atoms with Gasteiger partial charge in [-0.2, -0.15) is 0 Å². The Morgan fingerprint density at radius 1 is 0.930 bits per heavy atom. The minimum atomic E-state index is -1.09. The molecule has 1 aromatic heterocycles. The van der Waals surface area contributed by atoms with Gasteiger partial charge in [0.15, 0.2) is 34.6 Å². The summed E-state index contributed by atoms with van der Waals surface area (Å²) >= 11 is 1.25. The van der Waals surface area contributed by atoms with Gasteiger partial charge in [0.2, 0.25) is 5.91 Å². The van der Waals surface area contributed by atoms with E-state index < -0.39 is 41.2 Å². The van der Waals surface area contributed by atoms with E-state index in [1.165, 1.54) is 43.3 Å². The Kier molecular flexibility index (Phi) is 9.74. The van der Waals surface area contributed by atoms with Gasteiger partial charge in [0.1, 0.15) is 0 Å². The predicted molar refractivity (Wildman–Crippen MR) is 153 cm³/mol. The van der Waals surface area contributed by atoms with Gasteiger partial charge in [0.25, 0.3) is 0 Å². The fourth-order valence-corrected chi connectivity index (χ4v) is 5.60. The Balaban J connectivity index is 1.34. The number of phenolic OH excluding ortho intramolecular Hbond substituents is 1. The Morgan fingerprint density at radius 3 is 2.23 bits per heavy atom. The predicted octanol–water partition coefficient (Wildman–Crippen LogP) is 4.85. The van der Waals surface area contributed by atoms with Crippen molar-refractivity contribution in [2.45, 2.75) is 46.2 Å². The molecule has 0 saturated carbocycles. The van der Waals surface area contributed by atoms with Gasteiger partial charge in [-0.1, -0.05) is 13.8 Å². The zero-order valence-electron chi connectivity index (χ0n) is 23.8. The van der Waals surface area contributed by atoms with Crippen molar-refractivity contribution in [2.75, 3.05) is 20.3 Å². The number of aliphatic carboxylic acids is 2. The fraction of sp³-hybridized carbons (Fsp3) is 0.400. The Morgan fingerprint density at radius 2 is 1.58 bits per heavy atom. The average Bonchev–Trinajstić information content (AvgIpc) is 3.59. The van der Waals surface area contributed by atoms with Gasteiger partial charge >= 0.3 is 11.9 Å². The van der Waals surface area contributed by atoms with Gasteiger partial charge in [-0.25, -0.2) is 4.39 Å². The lowest BCUT2D eigenvalue weighted by molar-refractivity contribution is -0.145. The first-order valence-electron chi connectivity index (χ1n) is 13.6. The highest BCUT2D eigenvalue weighted by Crippen LogP contribution is 2.39. The van der Waals surface area contributed by atoms with Crippen molar-refractivity contribution in [2.24, 2.45) is 11.8 Å². The molecule has 0 bridgehead atoms. The Bertz CT molecular complexity index is 1570. The number of rotatable bonds is 14. The molecule has 13 heteroatoms. The summed E-state index contributed by atoms with van der Waals surface area (Å²) in [7, 11) is 1.48. The molecule has 3 aromatic rings. The highest BCUT2D eigenvalue weighted by Gasteiger charge is 2.31. The number of ether oxygens (including phenoxy) is 3. The van der Waals surface area contributed by atoms with E-state index in [9.17, 15) is 28.7 Å². The molecule has 1 aliphatic heterocycles. The lowest BCUT2D eigenvalue weighted by Crippen LogP contribution is -2.28. The number of Topliss-reactive ketones (excluding diaryl/α,β-unsaturated/α-hetero) is 1. The van der Waals surface area contributed by atoms with Gasteiger partial charge in [0, 0.05) is 48.7 Å². The number of hydrogen-bond donors (Lipinski definition) is 3. The number of phenols is 1. The van der Waals surface area contributed by atoms with Crippen LogP contribution >= 0.6 is 11.3 Å². The monoisotopic (exact) mass is 617 g/mol. The van der Waals surface area contributed by atoms with Crippen LogP contribution in [-0.2, 0) is 27.5 Å². The lowest BCUT2D eigenvalue weighted by atomic mass is 10.0. The van der Waals surface area contributed by atoms with E-state index in [-0.39, 0.29) is 56.2 Å². The second-order valence-electron chi connectivity index (χ2n) is 10.4. The summed E-state index contributed by atoms with van der Waals surface area (Å²) in [6, 6.07) is 6.64. The van der Waals surface area contributed by atoms with Crippen LogP contribution in [0.4, 0.5) is 4.39 Å². The molecule has 0 saturated heterocycles. The van der Waals surface area contributed by atoms with Crippen LogP contribution in [-0.4, -0.2) is 64.2 Å². The summed E-state index contributed by atoms with van der Waals surface area (Å²) in [6.45, 7) is 3.18. The molecule has 1 amide bonds. The van der Waals surface area contributed by atoms with Crippen molar-refractivity contribution in [1.82, 2.24) is 4.90 Å². The molecule has 2 atom stereocenters. The van der Waals surface area contributed by atoms with Crippen molar-refractivity contribution >= 4 is 45.1 Å². The van der Waals surface area contributed by atoms with Crippen molar-refractivity contribution in [3.63, 3.8) is 0 Å². The number of ketones is 1. The highest BCUT2D eigenvalue weighted by atomic mass is 32.1.